The van der Waals surface area contributed by atoms with Crippen molar-refractivity contribution in [1.29, 1.82) is 0 Å². The fourth-order valence-corrected chi connectivity index (χ4v) is 3.66. The number of aliphatic hydroxyl groups is 1. The lowest BCUT2D eigenvalue weighted by Crippen LogP contribution is -2.36. The molecule has 3 aromatic rings. The molecular formula is C24H25ClN4O2. The van der Waals surface area contributed by atoms with Gasteiger partial charge in [0.2, 0.25) is 0 Å². The maximum absolute atomic E-state index is 12.7. The van der Waals surface area contributed by atoms with Crippen molar-refractivity contribution in [2.45, 2.75) is 25.9 Å². The number of piperidine rings is 1. The smallest absolute Gasteiger partial charge is 0.257 e. The monoisotopic (exact) mass is 436 g/mol. The first-order valence-electron chi connectivity index (χ1n) is 10.3. The highest BCUT2D eigenvalue weighted by atomic mass is 35.5. The fraction of sp³-hybridized carbons (Fsp3) is 0.250. The second kappa shape index (κ2) is 9.37. The van der Waals surface area contributed by atoms with Crippen LogP contribution in [0.25, 0.3) is 0 Å². The molecule has 2 heterocycles. The molecule has 31 heavy (non-hydrogen) atoms. The minimum Gasteiger partial charge on any atom is -0.393 e. The number of aryl methyl sites for hydroxylation is 1. The Morgan fingerprint density at radius 1 is 1.06 bits per heavy atom. The highest BCUT2D eigenvalue weighted by molar-refractivity contribution is 6.33. The van der Waals surface area contributed by atoms with Gasteiger partial charge >= 0.3 is 0 Å². The van der Waals surface area contributed by atoms with Crippen LogP contribution in [0, 0.1) is 6.92 Å². The predicted octanol–water partition coefficient (Wildman–Crippen LogP) is 5.00. The van der Waals surface area contributed by atoms with E-state index in [0.717, 1.165) is 37.4 Å². The summed E-state index contributed by atoms with van der Waals surface area (Å²) in [6, 6.07) is 16.9. The minimum absolute atomic E-state index is 0.230. The van der Waals surface area contributed by atoms with Crippen molar-refractivity contribution in [2.24, 2.45) is 0 Å². The molecule has 7 heteroatoms. The fourth-order valence-electron chi connectivity index (χ4n) is 3.50. The summed E-state index contributed by atoms with van der Waals surface area (Å²) in [5, 5.41) is 16.4. The van der Waals surface area contributed by atoms with Crippen LogP contribution in [0.4, 0.5) is 22.9 Å². The quantitative estimate of drug-likeness (QED) is 0.524. The Hall–Kier alpha value is -3.09. The van der Waals surface area contributed by atoms with Gasteiger partial charge in [-0.05, 0) is 62.2 Å². The predicted molar refractivity (Wildman–Crippen MR) is 126 cm³/mol. The summed E-state index contributed by atoms with van der Waals surface area (Å²) in [6.45, 7) is 3.56. The molecule has 1 amide bonds. The number of pyridine rings is 1. The average molecular weight is 437 g/mol. The van der Waals surface area contributed by atoms with Crippen LogP contribution in [0.3, 0.4) is 0 Å². The molecule has 2 aromatic carbocycles. The van der Waals surface area contributed by atoms with E-state index in [2.05, 4.69) is 20.5 Å². The van der Waals surface area contributed by atoms with Gasteiger partial charge in [0, 0.05) is 30.7 Å². The zero-order valence-electron chi connectivity index (χ0n) is 17.3. The Labute approximate surface area is 186 Å². The Kier molecular flexibility index (Phi) is 6.39. The first-order chi connectivity index (χ1) is 15.0. The van der Waals surface area contributed by atoms with Crippen molar-refractivity contribution in [3.8, 4) is 0 Å². The Morgan fingerprint density at radius 2 is 1.77 bits per heavy atom. The zero-order chi connectivity index (χ0) is 21.8. The number of amides is 1. The molecular weight excluding hydrogens is 412 g/mol. The van der Waals surface area contributed by atoms with Crippen molar-refractivity contribution < 1.29 is 9.90 Å². The van der Waals surface area contributed by atoms with Gasteiger partial charge in [-0.1, -0.05) is 29.3 Å². The molecule has 1 aromatic heterocycles. The molecule has 0 unspecified atom stereocenters. The molecule has 160 valence electrons. The molecule has 1 saturated heterocycles. The van der Waals surface area contributed by atoms with E-state index < -0.39 is 0 Å². The second-order valence-corrected chi connectivity index (χ2v) is 8.17. The van der Waals surface area contributed by atoms with Crippen LogP contribution in [-0.2, 0) is 0 Å². The van der Waals surface area contributed by atoms with E-state index in [0.29, 0.717) is 22.0 Å². The number of aliphatic hydroxyl groups excluding tert-OH is 1. The number of carbonyl (C=O) groups excluding carboxylic acids is 1. The van der Waals surface area contributed by atoms with Gasteiger partial charge in [-0.15, -0.1) is 0 Å². The zero-order valence-corrected chi connectivity index (χ0v) is 18.1. The molecule has 3 N–H and O–H groups in total. The van der Waals surface area contributed by atoms with E-state index in [9.17, 15) is 9.90 Å². The first kappa shape index (κ1) is 21.2. The highest BCUT2D eigenvalue weighted by Gasteiger charge is 2.18. The number of hydrogen-bond acceptors (Lipinski definition) is 5. The molecule has 1 aliphatic heterocycles. The van der Waals surface area contributed by atoms with Crippen molar-refractivity contribution in [3.05, 3.63) is 76.9 Å². The van der Waals surface area contributed by atoms with Crippen LogP contribution in [-0.4, -0.2) is 35.2 Å². The Morgan fingerprint density at radius 3 is 2.45 bits per heavy atom. The van der Waals surface area contributed by atoms with Gasteiger partial charge in [-0.2, -0.15) is 0 Å². The summed E-state index contributed by atoms with van der Waals surface area (Å²) < 4.78 is 0. The van der Waals surface area contributed by atoms with Gasteiger partial charge in [-0.3, -0.25) is 4.79 Å². The van der Waals surface area contributed by atoms with Crippen LogP contribution in [0.2, 0.25) is 5.02 Å². The van der Waals surface area contributed by atoms with Gasteiger partial charge in [0.25, 0.3) is 5.91 Å². The van der Waals surface area contributed by atoms with Crippen molar-refractivity contribution in [3.63, 3.8) is 0 Å². The van der Waals surface area contributed by atoms with Crippen LogP contribution < -0.4 is 15.5 Å². The summed E-state index contributed by atoms with van der Waals surface area (Å²) in [7, 11) is 0. The molecule has 0 atom stereocenters. The van der Waals surface area contributed by atoms with Crippen LogP contribution in [0.15, 0.2) is 60.8 Å². The van der Waals surface area contributed by atoms with Crippen molar-refractivity contribution >= 4 is 40.4 Å². The summed E-state index contributed by atoms with van der Waals surface area (Å²) in [5.41, 5.74) is 3.92. The molecule has 0 spiro atoms. The second-order valence-electron chi connectivity index (χ2n) is 7.76. The van der Waals surface area contributed by atoms with E-state index in [-0.39, 0.29) is 12.0 Å². The molecule has 1 aliphatic rings. The highest BCUT2D eigenvalue weighted by Crippen LogP contribution is 2.29. The summed E-state index contributed by atoms with van der Waals surface area (Å²) in [5.74, 6) is 0.580. The molecule has 4 rings (SSSR count). The largest absolute Gasteiger partial charge is 0.393 e. The number of benzene rings is 2. The number of nitrogens with zero attached hydrogens (tertiary/aromatic N) is 2. The van der Waals surface area contributed by atoms with E-state index in [4.69, 9.17) is 11.6 Å². The topological polar surface area (TPSA) is 77.5 Å². The van der Waals surface area contributed by atoms with Gasteiger partial charge < -0.3 is 20.6 Å². The number of aromatic nitrogens is 1. The van der Waals surface area contributed by atoms with Crippen molar-refractivity contribution in [2.75, 3.05) is 28.6 Å². The lowest BCUT2D eigenvalue weighted by Gasteiger charge is -2.30. The van der Waals surface area contributed by atoms with Crippen LogP contribution in [0.1, 0.15) is 28.8 Å². The molecule has 6 nitrogen and oxygen atoms in total. The Bertz CT molecular complexity index is 1050. The minimum atomic E-state index is -0.239. The number of halogens is 1. The van der Waals surface area contributed by atoms with E-state index >= 15 is 0 Å². The van der Waals surface area contributed by atoms with Crippen LogP contribution >= 0.6 is 11.6 Å². The molecule has 0 aliphatic carbocycles. The van der Waals surface area contributed by atoms with E-state index in [1.165, 1.54) is 5.56 Å². The number of anilines is 4. The third-order valence-corrected chi connectivity index (χ3v) is 5.68. The standard InChI is InChI=1S/C24H25ClN4O2/c1-16-2-5-18(6-3-16)27-22-14-19(7-8-21(22)25)28-24(31)17-4-9-23(26-15-17)29-12-10-20(30)11-13-29/h2-9,14-15,20,27,30H,10-13H2,1H3,(H,28,31). The van der Waals surface area contributed by atoms with E-state index in [1.54, 1.807) is 30.5 Å². The number of hydrogen-bond donors (Lipinski definition) is 3. The normalized spacial score (nSPS) is 14.4. The SMILES string of the molecule is Cc1ccc(Nc2cc(NC(=O)c3ccc(N4CCC(O)CC4)nc3)ccc2Cl)cc1. The van der Waals surface area contributed by atoms with Gasteiger partial charge in [0.15, 0.2) is 0 Å². The molecule has 1 fully saturated rings. The van der Waals surface area contributed by atoms with Gasteiger partial charge in [-0.25, -0.2) is 4.98 Å². The summed E-state index contributed by atoms with van der Waals surface area (Å²) in [6.07, 6.45) is 2.82. The number of rotatable bonds is 5. The van der Waals surface area contributed by atoms with Gasteiger partial charge in [0.1, 0.15) is 5.82 Å². The lowest BCUT2D eigenvalue weighted by molar-refractivity contribution is 0.102. The first-order valence-corrected chi connectivity index (χ1v) is 10.7. The van der Waals surface area contributed by atoms with Gasteiger partial charge in [0.05, 0.1) is 22.4 Å². The molecule has 0 saturated carbocycles. The maximum atomic E-state index is 12.7. The number of carbonyl (C=O) groups is 1. The maximum Gasteiger partial charge on any atom is 0.257 e. The van der Waals surface area contributed by atoms with Crippen molar-refractivity contribution in [1.82, 2.24) is 4.98 Å². The summed E-state index contributed by atoms with van der Waals surface area (Å²) >= 11 is 6.33. The third-order valence-electron chi connectivity index (χ3n) is 5.35. The number of nitrogens with one attached hydrogen (secondary N) is 2. The lowest BCUT2D eigenvalue weighted by atomic mass is 10.1. The molecule has 0 bridgehead atoms. The third kappa shape index (κ3) is 5.34. The molecule has 0 radical (unpaired) electrons. The van der Waals surface area contributed by atoms with E-state index in [1.807, 2.05) is 37.3 Å². The average Bonchev–Trinajstić information content (AvgIpc) is 2.78. The van der Waals surface area contributed by atoms with Crippen LogP contribution in [0.5, 0.6) is 0 Å². The summed E-state index contributed by atoms with van der Waals surface area (Å²) in [4.78, 5) is 19.2. The Balaban J connectivity index is 1.42.